The Labute approximate surface area is 102 Å². The minimum atomic E-state index is 0.0405. The van der Waals surface area contributed by atoms with Crippen LogP contribution in [0.3, 0.4) is 0 Å². The van der Waals surface area contributed by atoms with Gasteiger partial charge in [-0.15, -0.1) is 0 Å². The van der Waals surface area contributed by atoms with Crippen molar-refractivity contribution in [2.24, 2.45) is 11.7 Å². The van der Waals surface area contributed by atoms with Gasteiger partial charge in [0.15, 0.2) is 0 Å². The van der Waals surface area contributed by atoms with E-state index in [2.05, 4.69) is 12.1 Å². The number of nitrogens with two attached hydrogens (primary N) is 1. The van der Waals surface area contributed by atoms with Crippen LogP contribution in [0.4, 0.5) is 0 Å². The highest BCUT2D eigenvalue weighted by molar-refractivity contribution is 5.80. The smallest absolute Gasteiger partial charge is 0.224 e. The van der Waals surface area contributed by atoms with Crippen LogP contribution in [0.1, 0.15) is 24.8 Å². The number of hydrogen-bond acceptors (Lipinski definition) is 2. The molecular weight excluding hydrogens is 212 g/mol. The van der Waals surface area contributed by atoms with E-state index in [9.17, 15) is 4.79 Å². The van der Waals surface area contributed by atoms with Crippen molar-refractivity contribution in [3.8, 4) is 0 Å². The molecule has 0 bridgehead atoms. The standard InChI is InChI=1S/C14H18N2O/c15-12-8-13(17)16(14(12)11-6-7-11)9-10-4-2-1-3-5-10/h1-5,11-12,14H,6-9,15H2. The predicted molar refractivity (Wildman–Crippen MR) is 66.1 cm³/mol. The third-order valence-electron chi connectivity index (χ3n) is 3.83. The summed E-state index contributed by atoms with van der Waals surface area (Å²) in [6.45, 7) is 0.717. The number of likely N-dealkylation sites (tertiary alicyclic amines) is 1. The zero-order valence-electron chi connectivity index (χ0n) is 9.88. The first-order valence-electron chi connectivity index (χ1n) is 6.34. The maximum atomic E-state index is 12.0. The lowest BCUT2D eigenvalue weighted by atomic mass is 10.1. The molecule has 2 N–H and O–H groups in total. The molecule has 1 aromatic rings. The highest BCUT2D eigenvalue weighted by atomic mass is 16.2. The number of carbonyl (C=O) groups is 1. The zero-order valence-corrected chi connectivity index (χ0v) is 9.88. The molecular formula is C14H18N2O. The molecule has 3 nitrogen and oxygen atoms in total. The molecule has 0 spiro atoms. The maximum Gasteiger partial charge on any atom is 0.224 e. The van der Waals surface area contributed by atoms with E-state index >= 15 is 0 Å². The van der Waals surface area contributed by atoms with Gasteiger partial charge in [0, 0.05) is 19.0 Å². The van der Waals surface area contributed by atoms with Crippen molar-refractivity contribution < 1.29 is 4.79 Å². The van der Waals surface area contributed by atoms with Crippen LogP contribution in [0.5, 0.6) is 0 Å². The van der Waals surface area contributed by atoms with E-state index in [4.69, 9.17) is 5.73 Å². The van der Waals surface area contributed by atoms with E-state index in [1.54, 1.807) is 0 Å². The van der Waals surface area contributed by atoms with Crippen molar-refractivity contribution in [1.29, 1.82) is 0 Å². The summed E-state index contributed by atoms with van der Waals surface area (Å²) in [5, 5.41) is 0. The minimum absolute atomic E-state index is 0.0405. The fourth-order valence-electron chi connectivity index (χ4n) is 2.85. The number of hydrogen-bond donors (Lipinski definition) is 1. The van der Waals surface area contributed by atoms with Crippen LogP contribution in [0.2, 0.25) is 0 Å². The summed E-state index contributed by atoms with van der Waals surface area (Å²) in [6.07, 6.45) is 2.99. The summed E-state index contributed by atoms with van der Waals surface area (Å²) >= 11 is 0. The van der Waals surface area contributed by atoms with Gasteiger partial charge in [-0.25, -0.2) is 0 Å². The summed E-state index contributed by atoms with van der Waals surface area (Å²) in [6, 6.07) is 10.5. The Morgan fingerprint density at radius 3 is 2.59 bits per heavy atom. The van der Waals surface area contributed by atoms with Crippen molar-refractivity contribution in [2.75, 3.05) is 0 Å². The van der Waals surface area contributed by atoms with Crippen molar-refractivity contribution in [3.05, 3.63) is 35.9 Å². The third-order valence-corrected chi connectivity index (χ3v) is 3.83. The van der Waals surface area contributed by atoms with Crippen LogP contribution in [0.15, 0.2) is 30.3 Å². The molecule has 90 valence electrons. The molecule has 1 aliphatic carbocycles. The molecule has 1 amide bonds. The summed E-state index contributed by atoms with van der Waals surface area (Å²) in [4.78, 5) is 14.0. The highest BCUT2D eigenvalue weighted by Crippen LogP contribution is 2.40. The Balaban J connectivity index is 1.78. The van der Waals surface area contributed by atoms with Gasteiger partial charge in [-0.1, -0.05) is 30.3 Å². The lowest BCUT2D eigenvalue weighted by Crippen LogP contribution is -2.41. The summed E-state index contributed by atoms with van der Waals surface area (Å²) in [7, 11) is 0. The Bertz CT molecular complexity index is 413. The molecule has 3 rings (SSSR count). The van der Waals surface area contributed by atoms with Crippen LogP contribution >= 0.6 is 0 Å². The molecule has 1 heterocycles. The topological polar surface area (TPSA) is 46.3 Å². The molecule has 1 aromatic carbocycles. The van der Waals surface area contributed by atoms with Crippen LogP contribution in [0.25, 0.3) is 0 Å². The summed E-state index contributed by atoms with van der Waals surface area (Å²) in [5.41, 5.74) is 7.29. The number of carbonyl (C=O) groups excluding carboxylic acids is 1. The quantitative estimate of drug-likeness (QED) is 0.856. The van der Waals surface area contributed by atoms with E-state index in [0.29, 0.717) is 18.9 Å². The molecule has 3 heteroatoms. The summed E-state index contributed by atoms with van der Waals surface area (Å²) < 4.78 is 0. The number of benzene rings is 1. The van der Waals surface area contributed by atoms with E-state index < -0.39 is 0 Å². The van der Waals surface area contributed by atoms with Gasteiger partial charge in [0.05, 0.1) is 6.04 Å². The van der Waals surface area contributed by atoms with E-state index in [1.807, 2.05) is 23.1 Å². The summed E-state index contributed by atoms with van der Waals surface area (Å²) in [5.74, 6) is 0.874. The minimum Gasteiger partial charge on any atom is -0.333 e. The molecule has 0 radical (unpaired) electrons. The van der Waals surface area contributed by atoms with Crippen LogP contribution in [-0.4, -0.2) is 22.9 Å². The van der Waals surface area contributed by atoms with E-state index in [-0.39, 0.29) is 18.0 Å². The molecule has 17 heavy (non-hydrogen) atoms. The van der Waals surface area contributed by atoms with Gasteiger partial charge in [0.2, 0.25) is 5.91 Å². The van der Waals surface area contributed by atoms with Crippen LogP contribution < -0.4 is 5.73 Å². The second-order valence-electron chi connectivity index (χ2n) is 5.20. The van der Waals surface area contributed by atoms with E-state index in [1.165, 1.54) is 18.4 Å². The van der Waals surface area contributed by atoms with Crippen LogP contribution in [0, 0.1) is 5.92 Å². The van der Waals surface area contributed by atoms with Gasteiger partial charge >= 0.3 is 0 Å². The van der Waals surface area contributed by atoms with Crippen molar-refractivity contribution >= 4 is 5.91 Å². The second kappa shape index (κ2) is 4.15. The molecule has 0 aromatic heterocycles. The fraction of sp³-hybridized carbons (Fsp3) is 0.500. The molecule has 2 unspecified atom stereocenters. The molecule has 2 aliphatic rings. The molecule has 2 atom stereocenters. The Morgan fingerprint density at radius 1 is 1.24 bits per heavy atom. The average molecular weight is 230 g/mol. The van der Waals surface area contributed by atoms with Gasteiger partial charge in [0.1, 0.15) is 0 Å². The monoisotopic (exact) mass is 230 g/mol. The first-order chi connectivity index (χ1) is 8.25. The van der Waals surface area contributed by atoms with Gasteiger partial charge in [-0.3, -0.25) is 4.79 Å². The zero-order chi connectivity index (χ0) is 11.8. The Kier molecular flexibility index (Phi) is 2.63. The Hall–Kier alpha value is -1.35. The number of rotatable bonds is 3. The van der Waals surface area contributed by atoms with Gasteiger partial charge in [-0.05, 0) is 24.3 Å². The number of amides is 1. The third kappa shape index (κ3) is 2.07. The first kappa shape index (κ1) is 10.8. The second-order valence-corrected chi connectivity index (χ2v) is 5.20. The first-order valence-corrected chi connectivity index (χ1v) is 6.34. The normalized spacial score (nSPS) is 28.8. The predicted octanol–water partition coefficient (Wildman–Crippen LogP) is 1.52. The van der Waals surface area contributed by atoms with Crippen molar-refractivity contribution in [2.45, 2.75) is 37.9 Å². The molecule has 1 saturated heterocycles. The van der Waals surface area contributed by atoms with Gasteiger partial charge < -0.3 is 10.6 Å². The molecule has 2 fully saturated rings. The van der Waals surface area contributed by atoms with Crippen molar-refractivity contribution in [3.63, 3.8) is 0 Å². The van der Waals surface area contributed by atoms with Gasteiger partial charge in [0.25, 0.3) is 0 Å². The van der Waals surface area contributed by atoms with E-state index in [0.717, 1.165) is 0 Å². The highest BCUT2D eigenvalue weighted by Gasteiger charge is 2.46. The largest absolute Gasteiger partial charge is 0.333 e. The lowest BCUT2D eigenvalue weighted by Gasteiger charge is -2.27. The number of nitrogens with zero attached hydrogens (tertiary/aromatic N) is 1. The maximum absolute atomic E-state index is 12.0. The average Bonchev–Trinajstić information content (AvgIpc) is 3.10. The Morgan fingerprint density at radius 2 is 1.94 bits per heavy atom. The molecule has 1 saturated carbocycles. The SMILES string of the molecule is NC1CC(=O)N(Cc2ccccc2)C1C1CC1. The molecule has 1 aliphatic heterocycles. The van der Waals surface area contributed by atoms with Crippen molar-refractivity contribution in [1.82, 2.24) is 4.90 Å². The van der Waals surface area contributed by atoms with Crippen LogP contribution in [-0.2, 0) is 11.3 Å². The lowest BCUT2D eigenvalue weighted by molar-refractivity contribution is -0.129. The van der Waals surface area contributed by atoms with Gasteiger partial charge in [-0.2, -0.15) is 0 Å². The fourth-order valence-corrected chi connectivity index (χ4v) is 2.85.